The minimum atomic E-state index is -0.324. The second kappa shape index (κ2) is 7.87. The van der Waals surface area contributed by atoms with Crippen molar-refractivity contribution in [2.45, 2.75) is 26.2 Å². The van der Waals surface area contributed by atoms with Crippen molar-refractivity contribution in [2.24, 2.45) is 0 Å². The molecule has 5 nitrogen and oxygen atoms in total. The second-order valence-electron chi connectivity index (χ2n) is 7.46. The first-order chi connectivity index (χ1) is 14.0. The van der Waals surface area contributed by atoms with Crippen LogP contribution in [0.1, 0.15) is 51.7 Å². The van der Waals surface area contributed by atoms with Gasteiger partial charge in [0.1, 0.15) is 5.69 Å². The summed E-state index contributed by atoms with van der Waals surface area (Å²) in [6.45, 7) is 4.80. The molecule has 0 bridgehead atoms. The lowest BCUT2D eigenvalue weighted by Crippen LogP contribution is -2.29. The van der Waals surface area contributed by atoms with E-state index in [1.807, 2.05) is 48.5 Å². The molecule has 0 atom stereocenters. The smallest absolute Gasteiger partial charge is 0.274 e. The second-order valence-corrected chi connectivity index (χ2v) is 7.46. The molecule has 5 heteroatoms. The molecule has 0 saturated carbocycles. The molecule has 0 unspecified atom stereocenters. The van der Waals surface area contributed by atoms with Crippen molar-refractivity contribution in [3.63, 3.8) is 0 Å². The van der Waals surface area contributed by atoms with E-state index >= 15 is 0 Å². The lowest BCUT2D eigenvalue weighted by atomic mass is 10.0. The molecule has 1 N–H and O–H groups in total. The molecule has 0 radical (unpaired) electrons. The summed E-state index contributed by atoms with van der Waals surface area (Å²) in [7, 11) is 0. The number of nitrogens with zero attached hydrogens (tertiary/aromatic N) is 2. The van der Waals surface area contributed by atoms with E-state index in [9.17, 15) is 9.59 Å². The molecule has 0 saturated heterocycles. The number of carbonyl (C=O) groups is 2. The number of carbonyl (C=O) groups excluding carboxylic acids is 2. The quantitative estimate of drug-likeness (QED) is 0.710. The Balaban J connectivity index is 1.57. The van der Waals surface area contributed by atoms with Crippen LogP contribution in [-0.2, 0) is 6.42 Å². The zero-order valence-electron chi connectivity index (χ0n) is 16.6. The Hall–Kier alpha value is -3.47. The van der Waals surface area contributed by atoms with Crippen LogP contribution in [0, 0.1) is 0 Å². The Morgan fingerprint density at radius 3 is 2.62 bits per heavy atom. The third kappa shape index (κ3) is 3.76. The fraction of sp³-hybridized carbons (Fsp3) is 0.208. The number of anilines is 2. The largest absolute Gasteiger partial charge is 0.320 e. The van der Waals surface area contributed by atoms with Crippen LogP contribution in [0.3, 0.4) is 0 Å². The summed E-state index contributed by atoms with van der Waals surface area (Å²) in [4.78, 5) is 31.8. The van der Waals surface area contributed by atoms with Crippen molar-refractivity contribution < 1.29 is 9.59 Å². The molecule has 1 aliphatic rings. The Morgan fingerprint density at radius 2 is 1.79 bits per heavy atom. The summed E-state index contributed by atoms with van der Waals surface area (Å²) in [5.74, 6) is -0.161. The lowest BCUT2D eigenvalue weighted by Gasteiger charge is -2.17. The van der Waals surface area contributed by atoms with Gasteiger partial charge in [-0.15, -0.1) is 0 Å². The van der Waals surface area contributed by atoms with Crippen LogP contribution < -0.4 is 10.2 Å². The van der Waals surface area contributed by atoms with Crippen molar-refractivity contribution in [3.8, 4) is 0 Å². The van der Waals surface area contributed by atoms with Crippen LogP contribution in [0.4, 0.5) is 11.4 Å². The van der Waals surface area contributed by atoms with Gasteiger partial charge in [-0.2, -0.15) is 0 Å². The highest BCUT2D eigenvalue weighted by molar-refractivity contribution is 6.09. The maximum atomic E-state index is 13.1. The highest BCUT2D eigenvalue weighted by atomic mass is 16.2. The van der Waals surface area contributed by atoms with Gasteiger partial charge in [0.2, 0.25) is 0 Å². The minimum Gasteiger partial charge on any atom is -0.320 e. The van der Waals surface area contributed by atoms with Gasteiger partial charge in [-0.3, -0.25) is 14.6 Å². The summed E-state index contributed by atoms with van der Waals surface area (Å²) in [6, 6.07) is 18.9. The fourth-order valence-corrected chi connectivity index (χ4v) is 3.69. The zero-order valence-corrected chi connectivity index (χ0v) is 16.6. The predicted molar refractivity (Wildman–Crippen MR) is 115 cm³/mol. The molecular formula is C24H23N3O2. The topological polar surface area (TPSA) is 62.3 Å². The average molecular weight is 385 g/mol. The van der Waals surface area contributed by atoms with Gasteiger partial charge in [-0.05, 0) is 47.7 Å². The molecule has 29 heavy (non-hydrogen) atoms. The van der Waals surface area contributed by atoms with Gasteiger partial charge in [0.25, 0.3) is 11.8 Å². The van der Waals surface area contributed by atoms with E-state index in [-0.39, 0.29) is 23.4 Å². The monoisotopic (exact) mass is 385 g/mol. The number of hydrogen-bond donors (Lipinski definition) is 1. The van der Waals surface area contributed by atoms with Gasteiger partial charge in [0.15, 0.2) is 0 Å². The Bertz CT molecular complexity index is 1070. The van der Waals surface area contributed by atoms with Crippen molar-refractivity contribution >= 4 is 23.2 Å². The van der Waals surface area contributed by atoms with Gasteiger partial charge in [-0.25, -0.2) is 0 Å². The lowest BCUT2D eigenvalue weighted by molar-refractivity contribution is 0.0989. The molecule has 1 aromatic heterocycles. The summed E-state index contributed by atoms with van der Waals surface area (Å²) in [5, 5.41) is 2.93. The normalized spacial score (nSPS) is 12.7. The van der Waals surface area contributed by atoms with E-state index in [0.29, 0.717) is 12.1 Å². The van der Waals surface area contributed by atoms with Crippen LogP contribution in [0.5, 0.6) is 0 Å². The molecule has 4 rings (SSSR count). The Labute approximate surface area is 170 Å². The first-order valence-corrected chi connectivity index (χ1v) is 9.80. The third-order valence-corrected chi connectivity index (χ3v) is 5.20. The van der Waals surface area contributed by atoms with Gasteiger partial charge >= 0.3 is 0 Å². The number of amides is 2. The molecule has 2 heterocycles. The van der Waals surface area contributed by atoms with E-state index in [4.69, 9.17) is 0 Å². The van der Waals surface area contributed by atoms with Crippen molar-refractivity contribution in [1.29, 1.82) is 0 Å². The van der Waals surface area contributed by atoms with E-state index in [2.05, 4.69) is 24.1 Å². The van der Waals surface area contributed by atoms with Crippen LogP contribution in [0.25, 0.3) is 0 Å². The molecule has 1 aliphatic heterocycles. The van der Waals surface area contributed by atoms with Crippen molar-refractivity contribution in [3.05, 3.63) is 89.2 Å². The number of fused-ring (bicyclic) bond motifs is 1. The molecule has 0 aliphatic carbocycles. The average Bonchev–Trinajstić information content (AvgIpc) is 3.17. The number of benzene rings is 2. The van der Waals surface area contributed by atoms with Gasteiger partial charge in [0, 0.05) is 29.7 Å². The van der Waals surface area contributed by atoms with E-state index in [0.717, 1.165) is 28.9 Å². The molecule has 2 aromatic carbocycles. The van der Waals surface area contributed by atoms with Gasteiger partial charge in [0.05, 0.1) is 0 Å². The number of pyridine rings is 1. The van der Waals surface area contributed by atoms with E-state index in [1.54, 1.807) is 17.0 Å². The van der Waals surface area contributed by atoms with Crippen LogP contribution in [0.2, 0.25) is 0 Å². The van der Waals surface area contributed by atoms with E-state index in [1.165, 1.54) is 6.20 Å². The highest BCUT2D eigenvalue weighted by Gasteiger charge is 2.25. The van der Waals surface area contributed by atoms with Gasteiger partial charge in [-0.1, -0.05) is 50.2 Å². The SMILES string of the molecule is CC(C)c1ccccc1NC(=O)c1cc(C(=O)N2CCc3ccccc32)ccn1. The summed E-state index contributed by atoms with van der Waals surface area (Å²) < 4.78 is 0. The Kier molecular flexibility index (Phi) is 5.12. The number of aromatic nitrogens is 1. The maximum absolute atomic E-state index is 13.1. The molecule has 0 spiro atoms. The molecule has 0 fully saturated rings. The highest BCUT2D eigenvalue weighted by Crippen LogP contribution is 2.29. The maximum Gasteiger partial charge on any atom is 0.274 e. The van der Waals surface area contributed by atoms with Crippen molar-refractivity contribution in [2.75, 3.05) is 16.8 Å². The summed E-state index contributed by atoms with van der Waals surface area (Å²) >= 11 is 0. The molecule has 2 amide bonds. The molecular weight excluding hydrogens is 362 g/mol. The molecule has 146 valence electrons. The number of hydrogen-bond acceptors (Lipinski definition) is 3. The predicted octanol–water partition coefficient (Wildman–Crippen LogP) is 4.66. The minimum absolute atomic E-state index is 0.117. The van der Waals surface area contributed by atoms with Crippen LogP contribution in [-0.4, -0.2) is 23.3 Å². The first-order valence-electron chi connectivity index (χ1n) is 9.80. The van der Waals surface area contributed by atoms with Gasteiger partial charge < -0.3 is 10.2 Å². The molecule has 3 aromatic rings. The number of nitrogens with one attached hydrogen (secondary N) is 1. The summed E-state index contributed by atoms with van der Waals surface area (Å²) in [6.07, 6.45) is 2.35. The standard InChI is InChI=1S/C24H23N3O2/c1-16(2)19-8-4-5-9-20(19)26-23(28)21-15-18(11-13-25-21)24(29)27-14-12-17-7-3-6-10-22(17)27/h3-11,13,15-16H,12,14H2,1-2H3,(H,26,28). The van der Waals surface area contributed by atoms with E-state index < -0.39 is 0 Å². The fourth-order valence-electron chi connectivity index (χ4n) is 3.69. The summed E-state index contributed by atoms with van der Waals surface area (Å²) in [5.41, 5.74) is 4.60. The van der Waals surface area contributed by atoms with Crippen LogP contribution in [0.15, 0.2) is 66.9 Å². The third-order valence-electron chi connectivity index (χ3n) is 5.20. The van der Waals surface area contributed by atoms with Crippen molar-refractivity contribution in [1.82, 2.24) is 4.98 Å². The van der Waals surface area contributed by atoms with Crippen LogP contribution >= 0.6 is 0 Å². The number of rotatable bonds is 4. The Morgan fingerprint density at radius 1 is 1.03 bits per heavy atom. The first kappa shape index (κ1) is 18.9. The zero-order chi connectivity index (χ0) is 20.4. The number of para-hydroxylation sites is 2.